The van der Waals surface area contributed by atoms with Crippen LogP contribution in [0.1, 0.15) is 37.5 Å². The predicted molar refractivity (Wildman–Crippen MR) is 109 cm³/mol. The predicted octanol–water partition coefficient (Wildman–Crippen LogP) is 2.78. The Balaban J connectivity index is 1.85. The second-order valence-electron chi connectivity index (χ2n) is 7.59. The maximum absolute atomic E-state index is 12.0. The summed E-state index contributed by atoms with van der Waals surface area (Å²) < 4.78 is 28.2. The van der Waals surface area contributed by atoms with Crippen molar-refractivity contribution in [2.75, 3.05) is 6.73 Å². The van der Waals surface area contributed by atoms with Crippen LogP contribution in [0.3, 0.4) is 0 Å². The number of hydrogen-bond acceptors (Lipinski definition) is 4. The lowest BCUT2D eigenvalue weighted by molar-refractivity contribution is 0.222. The van der Waals surface area contributed by atoms with Gasteiger partial charge in [-0.15, -0.1) is 0 Å². The molecule has 7 nitrogen and oxygen atoms in total. The number of aryl methyl sites for hydroxylation is 1. The molecule has 0 aliphatic heterocycles. The highest BCUT2D eigenvalue weighted by molar-refractivity contribution is 7.89. The molecule has 0 atom stereocenters. The lowest BCUT2D eigenvalue weighted by atomic mass is 9.85. The van der Waals surface area contributed by atoms with Crippen LogP contribution in [0.15, 0.2) is 47.4 Å². The normalized spacial score (nSPS) is 11.8. The van der Waals surface area contributed by atoms with Crippen LogP contribution < -0.4 is 20.5 Å². The van der Waals surface area contributed by atoms with Crippen LogP contribution in [0.5, 0.6) is 5.75 Å². The zero-order chi connectivity index (χ0) is 20.9. The molecule has 0 radical (unpaired) electrons. The van der Waals surface area contributed by atoms with Gasteiger partial charge in [0.1, 0.15) is 5.75 Å². The first-order valence-corrected chi connectivity index (χ1v) is 10.4. The molecule has 2 aromatic rings. The summed E-state index contributed by atoms with van der Waals surface area (Å²) in [5, 5.41) is 10.4. The molecule has 0 fully saturated rings. The molecule has 0 saturated carbocycles. The van der Waals surface area contributed by atoms with Crippen molar-refractivity contribution in [1.29, 1.82) is 0 Å². The van der Waals surface area contributed by atoms with E-state index in [1.807, 2.05) is 19.1 Å². The minimum atomic E-state index is -3.72. The molecular weight excluding hydrogens is 378 g/mol. The monoisotopic (exact) mass is 405 g/mol. The molecule has 0 aliphatic rings. The van der Waals surface area contributed by atoms with Gasteiger partial charge in [0.25, 0.3) is 0 Å². The summed E-state index contributed by atoms with van der Waals surface area (Å²) in [6.45, 7) is 8.62. The molecule has 2 rings (SSSR count). The Kier molecular flexibility index (Phi) is 6.69. The topological polar surface area (TPSA) is 111 Å². The molecule has 2 aromatic carbocycles. The Morgan fingerprint density at radius 2 is 1.71 bits per heavy atom. The minimum Gasteiger partial charge on any atom is -0.473 e. The molecule has 4 N–H and O–H groups in total. The van der Waals surface area contributed by atoms with Gasteiger partial charge >= 0.3 is 6.03 Å². The maximum atomic E-state index is 12.0. The first-order valence-electron chi connectivity index (χ1n) is 8.84. The molecule has 2 amide bonds. The summed E-state index contributed by atoms with van der Waals surface area (Å²) in [7, 11) is -3.72. The summed E-state index contributed by atoms with van der Waals surface area (Å²) in [5.41, 5.74) is 2.89. The molecule has 28 heavy (non-hydrogen) atoms. The molecule has 0 saturated heterocycles. The number of urea groups is 1. The van der Waals surface area contributed by atoms with Crippen LogP contribution in [-0.4, -0.2) is 21.2 Å². The molecule has 0 bridgehead atoms. The van der Waals surface area contributed by atoms with Crippen molar-refractivity contribution < 1.29 is 17.9 Å². The smallest absolute Gasteiger partial charge is 0.317 e. The summed E-state index contributed by atoms with van der Waals surface area (Å²) in [4.78, 5) is 12.0. The number of benzene rings is 2. The zero-order valence-electron chi connectivity index (χ0n) is 16.6. The van der Waals surface area contributed by atoms with Crippen molar-refractivity contribution in [3.63, 3.8) is 0 Å². The van der Waals surface area contributed by atoms with E-state index in [0.29, 0.717) is 0 Å². The Morgan fingerprint density at radius 1 is 1.07 bits per heavy atom. The van der Waals surface area contributed by atoms with E-state index in [-0.39, 0.29) is 29.6 Å². The van der Waals surface area contributed by atoms with E-state index in [4.69, 9.17) is 9.88 Å². The second kappa shape index (κ2) is 8.62. The molecule has 0 spiro atoms. The summed E-state index contributed by atoms with van der Waals surface area (Å²) in [5.74, 6) is 0.733. The van der Waals surface area contributed by atoms with Crippen LogP contribution in [0.2, 0.25) is 0 Å². The fourth-order valence-corrected chi connectivity index (χ4v) is 3.09. The second-order valence-corrected chi connectivity index (χ2v) is 9.15. The van der Waals surface area contributed by atoms with Gasteiger partial charge in [0, 0.05) is 6.54 Å². The molecule has 8 heteroatoms. The Morgan fingerprint density at radius 3 is 2.29 bits per heavy atom. The van der Waals surface area contributed by atoms with Crippen LogP contribution in [0.25, 0.3) is 0 Å². The third kappa shape index (κ3) is 6.24. The van der Waals surface area contributed by atoms with Gasteiger partial charge in [-0.05, 0) is 41.7 Å². The Labute approximate surface area is 166 Å². The highest BCUT2D eigenvalue weighted by Crippen LogP contribution is 2.31. The van der Waals surface area contributed by atoms with E-state index < -0.39 is 10.0 Å². The number of hydrogen-bond donors (Lipinski definition) is 3. The zero-order valence-corrected chi connectivity index (χ0v) is 17.4. The first-order chi connectivity index (χ1) is 13.0. The minimum absolute atomic E-state index is 0.0295. The lowest BCUT2D eigenvalue weighted by Crippen LogP contribution is -2.37. The van der Waals surface area contributed by atoms with Gasteiger partial charge in [-0.1, -0.05) is 50.6 Å². The number of ether oxygens (including phenoxy) is 1. The number of nitrogens with two attached hydrogens (primary N) is 1. The van der Waals surface area contributed by atoms with Gasteiger partial charge in [-0.2, -0.15) is 0 Å². The van der Waals surface area contributed by atoms with Crippen molar-refractivity contribution in [3.05, 3.63) is 59.2 Å². The van der Waals surface area contributed by atoms with E-state index in [9.17, 15) is 13.2 Å². The number of nitrogens with one attached hydrogen (secondary N) is 2. The van der Waals surface area contributed by atoms with Crippen LogP contribution in [-0.2, 0) is 22.0 Å². The third-order valence-corrected chi connectivity index (χ3v) is 5.04. The SMILES string of the molecule is Cc1ccc(OCNC(=O)NCc2ccc(S(N)(=O)=O)cc2)c(C(C)(C)C)c1. The molecule has 0 heterocycles. The van der Waals surface area contributed by atoms with E-state index in [1.54, 1.807) is 12.1 Å². The number of carbonyl (C=O) groups is 1. The van der Waals surface area contributed by atoms with Crippen molar-refractivity contribution in [2.45, 2.75) is 44.6 Å². The van der Waals surface area contributed by atoms with Gasteiger partial charge in [0.15, 0.2) is 6.73 Å². The summed E-state index contributed by atoms with van der Waals surface area (Å²) >= 11 is 0. The molecule has 0 aliphatic carbocycles. The molecule has 0 aromatic heterocycles. The highest BCUT2D eigenvalue weighted by Gasteiger charge is 2.19. The van der Waals surface area contributed by atoms with Crippen LogP contribution >= 0.6 is 0 Å². The Bertz CT molecular complexity index is 933. The number of primary sulfonamides is 1. The van der Waals surface area contributed by atoms with E-state index in [1.165, 1.54) is 12.1 Å². The number of sulfonamides is 1. The number of amides is 2. The van der Waals surface area contributed by atoms with Gasteiger partial charge < -0.3 is 15.4 Å². The quantitative estimate of drug-likeness (QED) is 0.642. The van der Waals surface area contributed by atoms with Crippen molar-refractivity contribution >= 4 is 16.1 Å². The largest absolute Gasteiger partial charge is 0.473 e. The number of rotatable bonds is 6. The third-order valence-electron chi connectivity index (χ3n) is 4.11. The summed E-state index contributed by atoms with van der Waals surface area (Å²) in [6, 6.07) is 11.6. The van der Waals surface area contributed by atoms with Crippen molar-refractivity contribution in [3.8, 4) is 5.75 Å². The summed E-state index contributed by atoms with van der Waals surface area (Å²) in [6.07, 6.45) is 0. The fraction of sp³-hybridized carbons (Fsp3) is 0.350. The molecule has 152 valence electrons. The van der Waals surface area contributed by atoms with E-state index >= 15 is 0 Å². The average Bonchev–Trinajstić information content (AvgIpc) is 2.60. The standard InChI is InChI=1S/C20H27N3O4S/c1-14-5-10-18(17(11-14)20(2,3)4)27-13-23-19(24)22-12-15-6-8-16(9-7-15)28(21,25)26/h5-11H,12-13H2,1-4H3,(H2,21,25,26)(H2,22,23,24). The molecular formula is C20H27N3O4S. The van der Waals surface area contributed by atoms with Crippen LogP contribution in [0, 0.1) is 6.92 Å². The fourth-order valence-electron chi connectivity index (χ4n) is 2.58. The van der Waals surface area contributed by atoms with Gasteiger partial charge in [0.05, 0.1) is 4.90 Å². The van der Waals surface area contributed by atoms with Crippen molar-refractivity contribution in [2.24, 2.45) is 5.14 Å². The lowest BCUT2D eigenvalue weighted by Gasteiger charge is -2.23. The van der Waals surface area contributed by atoms with Gasteiger partial charge in [-0.3, -0.25) is 0 Å². The van der Waals surface area contributed by atoms with Crippen molar-refractivity contribution in [1.82, 2.24) is 10.6 Å². The maximum Gasteiger partial charge on any atom is 0.317 e. The highest BCUT2D eigenvalue weighted by atomic mass is 32.2. The van der Waals surface area contributed by atoms with Crippen LogP contribution in [0.4, 0.5) is 4.79 Å². The first kappa shape index (κ1) is 21.7. The molecule has 0 unspecified atom stereocenters. The number of carbonyl (C=O) groups excluding carboxylic acids is 1. The average molecular weight is 406 g/mol. The van der Waals surface area contributed by atoms with E-state index in [2.05, 4.69) is 37.5 Å². The Hall–Kier alpha value is -2.58. The van der Waals surface area contributed by atoms with Gasteiger partial charge in [0.2, 0.25) is 10.0 Å². The van der Waals surface area contributed by atoms with E-state index in [0.717, 1.165) is 22.4 Å². The van der Waals surface area contributed by atoms with Gasteiger partial charge in [-0.25, -0.2) is 18.4 Å².